The smallest absolute Gasteiger partial charge is 0.321 e. The maximum atomic E-state index is 13.6. The Balaban J connectivity index is 1.33. The summed E-state index contributed by atoms with van der Waals surface area (Å²) in [5.41, 5.74) is 1.68. The van der Waals surface area contributed by atoms with E-state index in [0.29, 0.717) is 48.9 Å². The van der Waals surface area contributed by atoms with Crippen molar-refractivity contribution < 1.29 is 13.6 Å². The van der Waals surface area contributed by atoms with Gasteiger partial charge in [0, 0.05) is 31.9 Å². The number of hydrogen-bond donors (Lipinski definition) is 1. The lowest BCUT2D eigenvalue weighted by Crippen LogP contribution is -2.50. The highest BCUT2D eigenvalue weighted by molar-refractivity contribution is 5.89. The summed E-state index contributed by atoms with van der Waals surface area (Å²) in [6, 6.07) is 11.8. The number of carbonyl (C=O) groups excluding carboxylic acids is 1. The summed E-state index contributed by atoms with van der Waals surface area (Å²) >= 11 is 0. The molecular formula is C20H20FN5O2. The van der Waals surface area contributed by atoms with E-state index in [1.807, 2.05) is 18.2 Å². The predicted molar refractivity (Wildman–Crippen MR) is 104 cm³/mol. The Morgan fingerprint density at radius 2 is 1.93 bits per heavy atom. The number of hydrogen-bond acceptors (Lipinski definition) is 5. The van der Waals surface area contributed by atoms with Gasteiger partial charge in [0.05, 0.1) is 6.26 Å². The van der Waals surface area contributed by atoms with Crippen molar-refractivity contribution >= 4 is 17.5 Å². The molecule has 2 amide bonds. The van der Waals surface area contributed by atoms with Crippen LogP contribution >= 0.6 is 0 Å². The highest BCUT2D eigenvalue weighted by atomic mass is 19.1. The Bertz CT molecular complexity index is 951. The molecule has 144 valence electrons. The maximum absolute atomic E-state index is 13.6. The van der Waals surface area contributed by atoms with Gasteiger partial charge < -0.3 is 19.5 Å². The number of nitrogens with zero attached hydrogens (tertiary/aromatic N) is 4. The van der Waals surface area contributed by atoms with Crippen molar-refractivity contribution in [2.75, 3.05) is 36.4 Å². The molecule has 4 rings (SSSR count). The molecule has 3 aromatic rings. The van der Waals surface area contributed by atoms with Crippen molar-refractivity contribution in [3.63, 3.8) is 0 Å². The summed E-state index contributed by atoms with van der Waals surface area (Å²) in [5.74, 6) is 1.10. The van der Waals surface area contributed by atoms with Crippen molar-refractivity contribution in [3.05, 3.63) is 60.1 Å². The van der Waals surface area contributed by atoms with Crippen LogP contribution in [-0.4, -0.2) is 47.3 Å². The fraction of sp³-hybridized carbons (Fsp3) is 0.250. The average Bonchev–Trinajstić information content (AvgIpc) is 3.26. The van der Waals surface area contributed by atoms with Gasteiger partial charge in [-0.05, 0) is 48.9 Å². The summed E-state index contributed by atoms with van der Waals surface area (Å²) in [6.45, 7) is 4.06. The summed E-state index contributed by atoms with van der Waals surface area (Å²) in [6.07, 6.45) is 1.60. The van der Waals surface area contributed by atoms with Gasteiger partial charge in [-0.2, -0.15) is 0 Å². The zero-order valence-electron chi connectivity index (χ0n) is 15.4. The third-order valence-corrected chi connectivity index (χ3v) is 4.74. The second-order valence-electron chi connectivity index (χ2n) is 6.62. The number of carbonyl (C=O) groups is 1. The van der Waals surface area contributed by atoms with Crippen molar-refractivity contribution in [2.24, 2.45) is 0 Å². The molecular weight excluding hydrogens is 361 g/mol. The largest absolute Gasteiger partial charge is 0.463 e. The summed E-state index contributed by atoms with van der Waals surface area (Å²) in [7, 11) is 0. The average molecular weight is 381 g/mol. The number of urea groups is 1. The molecule has 0 radical (unpaired) electrons. The summed E-state index contributed by atoms with van der Waals surface area (Å²) in [4.78, 5) is 16.2. The topological polar surface area (TPSA) is 74.5 Å². The SMILES string of the molecule is Cc1ccc(NC(=O)N2CCN(c3ccc(-c4ccco4)nn3)CC2)cc1F. The number of rotatable bonds is 3. The molecule has 1 N–H and O–H groups in total. The molecule has 0 saturated carbocycles. The van der Waals surface area contributed by atoms with Gasteiger partial charge in [-0.25, -0.2) is 9.18 Å². The number of furan rings is 1. The van der Waals surface area contributed by atoms with E-state index in [1.54, 1.807) is 36.3 Å². The van der Waals surface area contributed by atoms with Crippen molar-refractivity contribution in [3.8, 4) is 11.5 Å². The number of amides is 2. The normalized spacial score (nSPS) is 14.2. The molecule has 0 unspecified atom stereocenters. The maximum Gasteiger partial charge on any atom is 0.321 e. The number of halogens is 1. The van der Waals surface area contributed by atoms with E-state index in [9.17, 15) is 9.18 Å². The van der Waals surface area contributed by atoms with Crippen LogP contribution in [-0.2, 0) is 0 Å². The molecule has 28 heavy (non-hydrogen) atoms. The van der Waals surface area contributed by atoms with Gasteiger partial charge in [0.2, 0.25) is 0 Å². The van der Waals surface area contributed by atoms with Crippen LogP contribution in [0.3, 0.4) is 0 Å². The second kappa shape index (κ2) is 7.67. The van der Waals surface area contributed by atoms with E-state index in [4.69, 9.17) is 4.42 Å². The first-order valence-corrected chi connectivity index (χ1v) is 9.05. The van der Waals surface area contributed by atoms with Crippen LogP contribution in [0.2, 0.25) is 0 Å². The Morgan fingerprint density at radius 3 is 2.57 bits per heavy atom. The first-order chi connectivity index (χ1) is 13.6. The van der Waals surface area contributed by atoms with Crippen LogP contribution in [0.15, 0.2) is 53.1 Å². The van der Waals surface area contributed by atoms with Gasteiger partial charge >= 0.3 is 6.03 Å². The number of benzene rings is 1. The monoisotopic (exact) mass is 381 g/mol. The molecule has 0 spiro atoms. The van der Waals surface area contributed by atoms with E-state index in [1.165, 1.54) is 6.07 Å². The number of aryl methyl sites for hydroxylation is 1. The quantitative estimate of drug-likeness (QED) is 0.751. The van der Waals surface area contributed by atoms with E-state index in [-0.39, 0.29) is 11.8 Å². The number of aromatic nitrogens is 2. The standard InChI is InChI=1S/C20H20FN5O2/c1-14-4-5-15(13-16(14)21)22-20(27)26-10-8-25(9-11-26)19-7-6-17(23-24-19)18-3-2-12-28-18/h2-7,12-13H,8-11H2,1H3,(H,22,27). The van der Waals surface area contributed by atoms with Gasteiger partial charge in [0.1, 0.15) is 11.5 Å². The van der Waals surface area contributed by atoms with Crippen molar-refractivity contribution in [1.29, 1.82) is 0 Å². The second-order valence-corrected chi connectivity index (χ2v) is 6.62. The molecule has 1 fully saturated rings. The molecule has 2 aromatic heterocycles. The minimum Gasteiger partial charge on any atom is -0.463 e. The van der Waals surface area contributed by atoms with Gasteiger partial charge in [-0.3, -0.25) is 0 Å². The highest BCUT2D eigenvalue weighted by Gasteiger charge is 2.22. The summed E-state index contributed by atoms with van der Waals surface area (Å²) in [5, 5.41) is 11.2. The number of anilines is 2. The Labute approximate surface area is 161 Å². The van der Waals surface area contributed by atoms with Crippen LogP contribution in [0, 0.1) is 12.7 Å². The lowest BCUT2D eigenvalue weighted by molar-refractivity contribution is 0.208. The van der Waals surface area contributed by atoms with E-state index < -0.39 is 0 Å². The fourth-order valence-electron chi connectivity index (χ4n) is 3.06. The van der Waals surface area contributed by atoms with Gasteiger partial charge in [-0.15, -0.1) is 10.2 Å². The minimum absolute atomic E-state index is 0.234. The zero-order chi connectivity index (χ0) is 19.5. The van der Waals surface area contributed by atoms with Gasteiger partial charge in [0.15, 0.2) is 11.6 Å². The first-order valence-electron chi connectivity index (χ1n) is 9.05. The molecule has 7 nitrogen and oxygen atoms in total. The lowest BCUT2D eigenvalue weighted by Gasteiger charge is -2.35. The molecule has 1 aliphatic rings. The van der Waals surface area contributed by atoms with Crippen LogP contribution < -0.4 is 10.2 Å². The molecule has 1 aliphatic heterocycles. The number of nitrogens with one attached hydrogen (secondary N) is 1. The third kappa shape index (κ3) is 3.80. The van der Waals surface area contributed by atoms with E-state index >= 15 is 0 Å². The van der Waals surface area contributed by atoms with Crippen LogP contribution in [0.4, 0.5) is 20.7 Å². The molecule has 8 heteroatoms. The van der Waals surface area contributed by atoms with Gasteiger partial charge in [-0.1, -0.05) is 6.07 Å². The highest BCUT2D eigenvalue weighted by Crippen LogP contribution is 2.20. The number of piperazine rings is 1. The first kappa shape index (κ1) is 18.0. The van der Waals surface area contributed by atoms with Crippen LogP contribution in [0.5, 0.6) is 0 Å². The van der Waals surface area contributed by atoms with Crippen molar-refractivity contribution in [1.82, 2.24) is 15.1 Å². The molecule has 0 atom stereocenters. The third-order valence-electron chi connectivity index (χ3n) is 4.74. The Hall–Kier alpha value is -3.42. The fourth-order valence-corrected chi connectivity index (χ4v) is 3.06. The molecule has 0 aliphatic carbocycles. The zero-order valence-corrected chi connectivity index (χ0v) is 15.4. The molecule has 3 heterocycles. The minimum atomic E-state index is -0.334. The lowest BCUT2D eigenvalue weighted by atomic mass is 10.2. The Kier molecular flexibility index (Phi) is 4.92. The van der Waals surface area contributed by atoms with Crippen LogP contribution in [0.1, 0.15) is 5.56 Å². The van der Waals surface area contributed by atoms with E-state index in [0.717, 1.165) is 5.82 Å². The van der Waals surface area contributed by atoms with E-state index in [2.05, 4.69) is 20.4 Å². The molecule has 1 aromatic carbocycles. The Morgan fingerprint density at radius 1 is 1.11 bits per heavy atom. The van der Waals surface area contributed by atoms with Crippen molar-refractivity contribution in [2.45, 2.75) is 6.92 Å². The van der Waals surface area contributed by atoms with Crippen LogP contribution in [0.25, 0.3) is 11.5 Å². The molecule has 1 saturated heterocycles. The van der Waals surface area contributed by atoms with Gasteiger partial charge in [0.25, 0.3) is 0 Å². The molecule has 0 bridgehead atoms. The summed E-state index contributed by atoms with van der Waals surface area (Å²) < 4.78 is 19.0. The predicted octanol–water partition coefficient (Wildman–Crippen LogP) is 3.54.